The van der Waals surface area contributed by atoms with Gasteiger partial charge in [-0.1, -0.05) is 30.3 Å². The summed E-state index contributed by atoms with van der Waals surface area (Å²) in [6.45, 7) is 0.883. The molecule has 1 aromatic rings. The lowest BCUT2D eigenvalue weighted by atomic mass is 10.2. The molecule has 0 saturated heterocycles. The lowest BCUT2D eigenvalue weighted by molar-refractivity contribution is 0.0172. The van der Waals surface area contributed by atoms with Gasteiger partial charge in [-0.15, -0.1) is 11.6 Å². The SMILES string of the molecule is FC(F)(CCl)CCNCc1ccccc1. The largest absolute Gasteiger partial charge is 0.312 e. The molecular formula is C11H14ClF2N. The average Bonchev–Trinajstić information content (AvgIpc) is 2.26. The van der Waals surface area contributed by atoms with Crippen LogP contribution in [0.4, 0.5) is 8.78 Å². The molecule has 0 aliphatic heterocycles. The predicted octanol–water partition coefficient (Wildman–Crippen LogP) is 3.04. The third-order valence-corrected chi connectivity index (χ3v) is 2.43. The molecule has 0 aromatic heterocycles. The number of hydrogen-bond acceptors (Lipinski definition) is 1. The van der Waals surface area contributed by atoms with Crippen molar-refractivity contribution in [2.75, 3.05) is 12.4 Å². The summed E-state index contributed by atoms with van der Waals surface area (Å²) in [5.74, 6) is -3.37. The zero-order valence-electron chi connectivity index (χ0n) is 8.35. The van der Waals surface area contributed by atoms with Crippen molar-refractivity contribution in [1.82, 2.24) is 5.32 Å². The van der Waals surface area contributed by atoms with Gasteiger partial charge in [0.1, 0.15) is 0 Å². The van der Waals surface area contributed by atoms with Crippen LogP contribution in [-0.4, -0.2) is 18.3 Å². The van der Waals surface area contributed by atoms with Gasteiger partial charge >= 0.3 is 0 Å². The highest BCUT2D eigenvalue weighted by Crippen LogP contribution is 2.18. The summed E-state index contributed by atoms with van der Waals surface area (Å²) in [5, 5.41) is 2.95. The lowest BCUT2D eigenvalue weighted by Crippen LogP contribution is -2.26. The minimum absolute atomic E-state index is 0.219. The van der Waals surface area contributed by atoms with Crippen LogP contribution in [0.1, 0.15) is 12.0 Å². The molecule has 0 aliphatic carbocycles. The Bertz CT molecular complexity index is 277. The number of hydrogen-bond donors (Lipinski definition) is 1. The second kappa shape index (κ2) is 6.03. The molecule has 0 spiro atoms. The fourth-order valence-electron chi connectivity index (χ4n) is 1.17. The van der Waals surface area contributed by atoms with Gasteiger partial charge in [-0.2, -0.15) is 0 Å². The van der Waals surface area contributed by atoms with Gasteiger partial charge in [0.15, 0.2) is 0 Å². The van der Waals surface area contributed by atoms with Crippen LogP contribution in [0, 0.1) is 0 Å². The molecule has 1 aromatic carbocycles. The van der Waals surface area contributed by atoms with E-state index in [2.05, 4.69) is 5.32 Å². The van der Waals surface area contributed by atoms with Crippen LogP contribution in [0.25, 0.3) is 0 Å². The minimum atomic E-state index is -2.76. The highest BCUT2D eigenvalue weighted by molar-refractivity contribution is 6.18. The molecule has 0 amide bonds. The van der Waals surface area contributed by atoms with Crippen LogP contribution >= 0.6 is 11.6 Å². The first kappa shape index (κ1) is 12.4. The standard InChI is InChI=1S/C11H14ClF2N/c12-9-11(13,14)6-7-15-8-10-4-2-1-3-5-10/h1-5,15H,6-9H2. The van der Waals surface area contributed by atoms with E-state index < -0.39 is 11.8 Å². The fraction of sp³-hybridized carbons (Fsp3) is 0.455. The van der Waals surface area contributed by atoms with Gasteiger partial charge in [-0.25, -0.2) is 8.78 Å². The molecule has 0 saturated carbocycles. The molecule has 0 atom stereocenters. The first-order valence-corrected chi connectivity index (χ1v) is 5.36. The van der Waals surface area contributed by atoms with E-state index in [1.54, 1.807) is 0 Å². The van der Waals surface area contributed by atoms with Gasteiger partial charge in [0.05, 0.1) is 5.88 Å². The Morgan fingerprint density at radius 1 is 1.20 bits per heavy atom. The molecule has 0 unspecified atom stereocenters. The molecule has 0 radical (unpaired) electrons. The van der Waals surface area contributed by atoms with Gasteiger partial charge in [0.2, 0.25) is 0 Å². The molecule has 4 heteroatoms. The number of alkyl halides is 3. The van der Waals surface area contributed by atoms with E-state index in [1.807, 2.05) is 30.3 Å². The van der Waals surface area contributed by atoms with Crippen LogP contribution in [-0.2, 0) is 6.54 Å². The van der Waals surface area contributed by atoms with Crippen molar-refractivity contribution in [2.45, 2.75) is 18.9 Å². The minimum Gasteiger partial charge on any atom is -0.312 e. The maximum Gasteiger partial charge on any atom is 0.262 e. The topological polar surface area (TPSA) is 12.0 Å². The Labute approximate surface area is 93.4 Å². The monoisotopic (exact) mass is 233 g/mol. The van der Waals surface area contributed by atoms with Gasteiger partial charge in [0, 0.05) is 19.5 Å². The van der Waals surface area contributed by atoms with E-state index in [4.69, 9.17) is 11.6 Å². The molecule has 0 fully saturated rings. The molecule has 0 bridgehead atoms. The van der Waals surface area contributed by atoms with Crippen molar-refractivity contribution in [3.05, 3.63) is 35.9 Å². The quantitative estimate of drug-likeness (QED) is 0.588. The van der Waals surface area contributed by atoms with Crippen molar-refractivity contribution < 1.29 is 8.78 Å². The third kappa shape index (κ3) is 5.09. The lowest BCUT2D eigenvalue weighted by Gasteiger charge is -2.12. The van der Waals surface area contributed by atoms with Gasteiger partial charge in [-0.05, 0) is 5.56 Å². The number of rotatable bonds is 6. The molecular weight excluding hydrogens is 220 g/mol. The number of halogens is 3. The molecule has 84 valence electrons. The summed E-state index contributed by atoms with van der Waals surface area (Å²) in [6.07, 6.45) is -0.219. The fourth-order valence-corrected chi connectivity index (χ4v) is 1.30. The Morgan fingerprint density at radius 2 is 1.87 bits per heavy atom. The number of nitrogens with one attached hydrogen (secondary N) is 1. The van der Waals surface area contributed by atoms with Gasteiger partial charge in [0.25, 0.3) is 5.92 Å². The molecule has 1 rings (SSSR count). The second-order valence-corrected chi connectivity index (χ2v) is 3.67. The van der Waals surface area contributed by atoms with E-state index in [-0.39, 0.29) is 13.0 Å². The van der Waals surface area contributed by atoms with Crippen LogP contribution in [0.2, 0.25) is 0 Å². The normalized spacial score (nSPS) is 11.7. The van der Waals surface area contributed by atoms with Crippen molar-refractivity contribution in [1.29, 1.82) is 0 Å². The molecule has 15 heavy (non-hydrogen) atoms. The van der Waals surface area contributed by atoms with E-state index in [0.717, 1.165) is 5.56 Å². The Hall–Kier alpha value is -0.670. The van der Waals surface area contributed by atoms with Crippen molar-refractivity contribution in [2.24, 2.45) is 0 Å². The summed E-state index contributed by atoms with van der Waals surface area (Å²) < 4.78 is 25.4. The van der Waals surface area contributed by atoms with Crippen LogP contribution in [0.15, 0.2) is 30.3 Å². The first-order valence-electron chi connectivity index (χ1n) is 4.82. The summed E-state index contributed by atoms with van der Waals surface area (Å²) in [6, 6.07) is 9.67. The Kier molecular flexibility index (Phi) is 4.99. The van der Waals surface area contributed by atoms with Crippen LogP contribution in [0.5, 0.6) is 0 Å². The maximum atomic E-state index is 12.7. The summed E-state index contributed by atoms with van der Waals surface area (Å²) in [7, 11) is 0. The third-order valence-electron chi connectivity index (χ3n) is 2.03. The first-order chi connectivity index (χ1) is 7.14. The van der Waals surface area contributed by atoms with E-state index >= 15 is 0 Å². The zero-order chi connectivity index (χ0) is 11.1. The smallest absolute Gasteiger partial charge is 0.262 e. The van der Waals surface area contributed by atoms with Gasteiger partial charge < -0.3 is 5.32 Å². The van der Waals surface area contributed by atoms with Crippen LogP contribution < -0.4 is 5.32 Å². The van der Waals surface area contributed by atoms with Crippen LogP contribution in [0.3, 0.4) is 0 Å². The molecule has 1 nitrogen and oxygen atoms in total. The highest BCUT2D eigenvalue weighted by Gasteiger charge is 2.26. The molecule has 0 aliphatic rings. The zero-order valence-corrected chi connectivity index (χ0v) is 9.11. The molecule has 0 heterocycles. The van der Waals surface area contributed by atoms with Crippen molar-refractivity contribution in [3.63, 3.8) is 0 Å². The van der Waals surface area contributed by atoms with E-state index in [9.17, 15) is 8.78 Å². The van der Waals surface area contributed by atoms with E-state index in [1.165, 1.54) is 0 Å². The maximum absolute atomic E-state index is 12.7. The summed E-state index contributed by atoms with van der Waals surface area (Å²) >= 11 is 5.11. The van der Waals surface area contributed by atoms with Crippen molar-refractivity contribution in [3.8, 4) is 0 Å². The Balaban J connectivity index is 2.18. The summed E-state index contributed by atoms with van der Waals surface area (Å²) in [4.78, 5) is 0. The van der Waals surface area contributed by atoms with E-state index in [0.29, 0.717) is 6.54 Å². The average molecular weight is 234 g/mol. The molecule has 1 N–H and O–H groups in total. The predicted molar refractivity (Wildman–Crippen MR) is 58.4 cm³/mol. The van der Waals surface area contributed by atoms with Crippen molar-refractivity contribution >= 4 is 11.6 Å². The Morgan fingerprint density at radius 3 is 2.47 bits per heavy atom. The highest BCUT2D eigenvalue weighted by atomic mass is 35.5. The number of benzene rings is 1. The van der Waals surface area contributed by atoms with Gasteiger partial charge in [-0.3, -0.25) is 0 Å². The summed E-state index contributed by atoms with van der Waals surface area (Å²) in [5.41, 5.74) is 1.09. The second-order valence-electron chi connectivity index (χ2n) is 3.40.